The topological polar surface area (TPSA) is 55.1 Å². The molecule has 0 bridgehead atoms. The van der Waals surface area contributed by atoms with Crippen LogP contribution in [0.1, 0.15) is 37.0 Å². The predicted octanol–water partition coefficient (Wildman–Crippen LogP) is 2.59. The quantitative estimate of drug-likeness (QED) is 0.849. The van der Waals surface area contributed by atoms with Crippen LogP contribution < -0.4 is 11.1 Å². The van der Waals surface area contributed by atoms with Crippen molar-refractivity contribution in [2.45, 2.75) is 32.2 Å². The summed E-state index contributed by atoms with van der Waals surface area (Å²) in [5, 5.41) is 3.40. The summed E-state index contributed by atoms with van der Waals surface area (Å²) in [6.45, 7) is 4.52. The first-order valence-corrected chi connectivity index (χ1v) is 6.21. The summed E-state index contributed by atoms with van der Waals surface area (Å²) in [4.78, 5) is 11.9. The molecule has 4 heteroatoms. The van der Waals surface area contributed by atoms with Crippen LogP contribution in [0.25, 0.3) is 0 Å². The van der Waals surface area contributed by atoms with Crippen molar-refractivity contribution in [3.8, 4) is 0 Å². The third-order valence-electron chi connectivity index (χ3n) is 3.10. The second kappa shape index (κ2) is 6.03. The van der Waals surface area contributed by atoms with E-state index in [0.29, 0.717) is 17.1 Å². The number of amides is 1. The Bertz CT molecular complexity index is 389. The largest absolute Gasteiger partial charge is 0.350 e. The first kappa shape index (κ1) is 14.0. The molecule has 0 aliphatic heterocycles. The van der Waals surface area contributed by atoms with Crippen LogP contribution in [0.15, 0.2) is 24.3 Å². The molecule has 0 unspecified atom stereocenters. The Morgan fingerprint density at radius 1 is 1.41 bits per heavy atom. The normalized spacial score (nSPS) is 11.3. The van der Waals surface area contributed by atoms with Gasteiger partial charge in [-0.2, -0.15) is 0 Å². The van der Waals surface area contributed by atoms with Crippen LogP contribution in [-0.2, 0) is 0 Å². The van der Waals surface area contributed by atoms with E-state index in [1.807, 2.05) is 13.8 Å². The Kier molecular flexibility index (Phi) is 4.97. The Labute approximate surface area is 107 Å². The number of benzene rings is 1. The van der Waals surface area contributed by atoms with Crippen molar-refractivity contribution in [1.82, 2.24) is 5.32 Å². The minimum absolute atomic E-state index is 0.135. The lowest BCUT2D eigenvalue weighted by molar-refractivity contribution is 0.0942. The fourth-order valence-electron chi connectivity index (χ4n) is 1.49. The van der Waals surface area contributed by atoms with Crippen molar-refractivity contribution in [3.05, 3.63) is 34.9 Å². The van der Waals surface area contributed by atoms with Gasteiger partial charge in [0.15, 0.2) is 0 Å². The molecule has 0 heterocycles. The lowest BCUT2D eigenvalue weighted by Gasteiger charge is -2.26. The van der Waals surface area contributed by atoms with Gasteiger partial charge in [-0.15, -0.1) is 0 Å². The molecular formula is C13H19ClN2O. The maximum absolute atomic E-state index is 11.9. The van der Waals surface area contributed by atoms with Crippen LogP contribution in [0, 0.1) is 0 Å². The van der Waals surface area contributed by atoms with Crippen LogP contribution in [0.4, 0.5) is 0 Å². The number of nitrogens with one attached hydrogen (secondary N) is 1. The molecule has 17 heavy (non-hydrogen) atoms. The first-order chi connectivity index (χ1) is 8.00. The van der Waals surface area contributed by atoms with Crippen molar-refractivity contribution in [3.63, 3.8) is 0 Å². The zero-order valence-electron chi connectivity index (χ0n) is 10.3. The minimum Gasteiger partial charge on any atom is -0.350 e. The van der Waals surface area contributed by atoms with Crippen molar-refractivity contribution in [2.75, 3.05) is 6.54 Å². The highest BCUT2D eigenvalue weighted by Crippen LogP contribution is 2.12. The van der Waals surface area contributed by atoms with Gasteiger partial charge in [0.1, 0.15) is 0 Å². The molecule has 3 N–H and O–H groups in total. The molecule has 0 saturated heterocycles. The number of rotatable bonds is 5. The lowest BCUT2D eigenvalue weighted by Crippen LogP contribution is -2.49. The predicted molar refractivity (Wildman–Crippen MR) is 71.3 cm³/mol. The molecular weight excluding hydrogens is 236 g/mol. The highest BCUT2D eigenvalue weighted by atomic mass is 35.5. The molecule has 1 rings (SSSR count). The van der Waals surface area contributed by atoms with E-state index in [9.17, 15) is 4.79 Å². The second-order valence-corrected chi connectivity index (χ2v) is 4.70. The molecule has 0 aliphatic rings. The van der Waals surface area contributed by atoms with Gasteiger partial charge in [0.2, 0.25) is 0 Å². The van der Waals surface area contributed by atoms with Gasteiger partial charge in [-0.3, -0.25) is 4.79 Å². The van der Waals surface area contributed by atoms with E-state index in [4.69, 9.17) is 17.3 Å². The lowest BCUT2D eigenvalue weighted by atomic mass is 9.94. The molecule has 94 valence electrons. The summed E-state index contributed by atoms with van der Waals surface area (Å²) in [6, 6.07) is 6.88. The Hall–Kier alpha value is -1.06. The van der Waals surface area contributed by atoms with Gasteiger partial charge >= 0.3 is 0 Å². The van der Waals surface area contributed by atoms with Crippen LogP contribution >= 0.6 is 11.6 Å². The van der Waals surface area contributed by atoms with E-state index in [2.05, 4.69) is 5.32 Å². The zero-order chi connectivity index (χ0) is 12.9. The fourth-order valence-corrected chi connectivity index (χ4v) is 1.68. The standard InChI is InChI=1S/C13H19ClN2O/c1-3-13(15,4-2)9-16-12(17)10-6-5-7-11(14)8-10/h5-8H,3-4,9,15H2,1-2H3,(H,16,17). The van der Waals surface area contributed by atoms with Crippen LogP contribution in [0.3, 0.4) is 0 Å². The van der Waals surface area contributed by atoms with Crippen molar-refractivity contribution >= 4 is 17.5 Å². The maximum atomic E-state index is 11.9. The first-order valence-electron chi connectivity index (χ1n) is 5.83. The minimum atomic E-state index is -0.325. The Morgan fingerprint density at radius 3 is 2.59 bits per heavy atom. The second-order valence-electron chi connectivity index (χ2n) is 4.26. The number of hydrogen-bond donors (Lipinski definition) is 2. The van der Waals surface area contributed by atoms with Gasteiger partial charge in [-0.25, -0.2) is 0 Å². The molecule has 0 aromatic heterocycles. The third-order valence-corrected chi connectivity index (χ3v) is 3.33. The summed E-state index contributed by atoms with van der Waals surface area (Å²) in [5.41, 5.74) is 6.35. The zero-order valence-corrected chi connectivity index (χ0v) is 11.1. The maximum Gasteiger partial charge on any atom is 0.251 e. The van der Waals surface area contributed by atoms with Crippen LogP contribution in [-0.4, -0.2) is 18.0 Å². The average Bonchev–Trinajstić information content (AvgIpc) is 2.35. The molecule has 0 atom stereocenters. The number of hydrogen-bond acceptors (Lipinski definition) is 2. The smallest absolute Gasteiger partial charge is 0.251 e. The van der Waals surface area contributed by atoms with Gasteiger partial charge in [0.25, 0.3) is 5.91 Å². The number of nitrogens with two attached hydrogens (primary N) is 1. The Balaban J connectivity index is 2.62. The van der Waals surface area contributed by atoms with E-state index in [0.717, 1.165) is 12.8 Å². The highest BCUT2D eigenvalue weighted by Gasteiger charge is 2.21. The van der Waals surface area contributed by atoms with E-state index in [1.54, 1.807) is 24.3 Å². The summed E-state index contributed by atoms with van der Waals surface area (Å²) < 4.78 is 0. The molecule has 0 aliphatic carbocycles. The van der Waals surface area contributed by atoms with Gasteiger partial charge in [0, 0.05) is 22.7 Å². The SMILES string of the molecule is CCC(N)(CC)CNC(=O)c1cccc(Cl)c1. The van der Waals surface area contributed by atoms with E-state index < -0.39 is 0 Å². The van der Waals surface area contributed by atoms with Crippen LogP contribution in [0.2, 0.25) is 5.02 Å². The van der Waals surface area contributed by atoms with Gasteiger partial charge in [-0.1, -0.05) is 31.5 Å². The molecule has 0 fully saturated rings. The Morgan fingerprint density at radius 2 is 2.06 bits per heavy atom. The van der Waals surface area contributed by atoms with Crippen molar-refractivity contribution < 1.29 is 4.79 Å². The molecule has 0 radical (unpaired) electrons. The number of halogens is 1. The average molecular weight is 255 g/mol. The fraction of sp³-hybridized carbons (Fsp3) is 0.462. The molecule has 1 amide bonds. The molecule has 0 saturated carbocycles. The van der Waals surface area contributed by atoms with E-state index in [-0.39, 0.29) is 11.4 Å². The summed E-state index contributed by atoms with van der Waals surface area (Å²) in [7, 11) is 0. The molecule has 3 nitrogen and oxygen atoms in total. The van der Waals surface area contributed by atoms with Crippen molar-refractivity contribution in [2.24, 2.45) is 5.73 Å². The van der Waals surface area contributed by atoms with E-state index >= 15 is 0 Å². The monoisotopic (exact) mass is 254 g/mol. The van der Waals surface area contributed by atoms with Gasteiger partial charge in [-0.05, 0) is 31.0 Å². The number of carbonyl (C=O) groups excluding carboxylic acids is 1. The molecule has 1 aromatic rings. The van der Waals surface area contributed by atoms with E-state index in [1.165, 1.54) is 0 Å². The van der Waals surface area contributed by atoms with Gasteiger partial charge < -0.3 is 11.1 Å². The molecule has 0 spiro atoms. The molecule has 1 aromatic carbocycles. The summed E-state index contributed by atoms with van der Waals surface area (Å²) in [6.07, 6.45) is 1.67. The third kappa shape index (κ3) is 4.02. The van der Waals surface area contributed by atoms with Crippen molar-refractivity contribution in [1.29, 1.82) is 0 Å². The summed E-state index contributed by atoms with van der Waals surface area (Å²) >= 11 is 5.83. The van der Waals surface area contributed by atoms with Gasteiger partial charge in [0.05, 0.1) is 0 Å². The van der Waals surface area contributed by atoms with Crippen LogP contribution in [0.5, 0.6) is 0 Å². The highest BCUT2D eigenvalue weighted by molar-refractivity contribution is 6.30. The number of carbonyl (C=O) groups is 1. The summed E-state index contributed by atoms with van der Waals surface area (Å²) in [5.74, 6) is -0.135.